The summed E-state index contributed by atoms with van der Waals surface area (Å²) < 4.78 is 1.79. The van der Waals surface area contributed by atoms with E-state index in [0.29, 0.717) is 0 Å². The van der Waals surface area contributed by atoms with Crippen molar-refractivity contribution >= 4 is 16.9 Å². The van der Waals surface area contributed by atoms with Crippen molar-refractivity contribution in [1.82, 2.24) is 19.7 Å². The third-order valence-corrected chi connectivity index (χ3v) is 3.57. The van der Waals surface area contributed by atoms with E-state index in [4.69, 9.17) is 0 Å². The van der Waals surface area contributed by atoms with Crippen molar-refractivity contribution in [2.24, 2.45) is 7.05 Å². The second-order valence-electron chi connectivity index (χ2n) is 5.09. The molecular weight excluding hydrogens is 238 g/mol. The predicted molar refractivity (Wildman–Crippen MR) is 76.1 cm³/mol. The van der Waals surface area contributed by atoms with Gasteiger partial charge in [-0.05, 0) is 32.6 Å². The topological polar surface area (TPSA) is 55.6 Å². The molecule has 0 atom stereocenters. The van der Waals surface area contributed by atoms with Gasteiger partial charge in [0, 0.05) is 13.6 Å². The molecule has 0 spiro atoms. The number of nitrogens with zero attached hydrogens (tertiary/aromatic N) is 4. The van der Waals surface area contributed by atoms with Crippen LogP contribution >= 0.6 is 0 Å². The number of aromatic nitrogens is 4. The molecule has 0 amide bonds. The smallest absolute Gasteiger partial charge is 0.163 e. The molecule has 100 valence electrons. The van der Waals surface area contributed by atoms with Crippen molar-refractivity contribution < 1.29 is 0 Å². The molecule has 1 N–H and O–H groups in total. The third kappa shape index (κ3) is 2.45. The Hall–Kier alpha value is -1.91. The second-order valence-corrected chi connectivity index (χ2v) is 5.09. The molecule has 5 heteroatoms. The minimum Gasteiger partial charge on any atom is -0.366 e. The average Bonchev–Trinajstić information content (AvgIpc) is 2.79. The van der Waals surface area contributed by atoms with E-state index in [-0.39, 0.29) is 0 Å². The first-order valence-electron chi connectivity index (χ1n) is 6.82. The minimum atomic E-state index is 0.774. The number of anilines is 1. The van der Waals surface area contributed by atoms with Gasteiger partial charge in [0.25, 0.3) is 0 Å². The third-order valence-electron chi connectivity index (χ3n) is 3.57. The standard InChI is InChI=1S/C14H19N5/c1-10-17-13(12-9-16-19(2)14(12)18-10)15-8-11-6-4-3-5-7-11/h6,9H,3-5,7-8H2,1-2H3,(H,15,17,18). The van der Waals surface area contributed by atoms with E-state index < -0.39 is 0 Å². The summed E-state index contributed by atoms with van der Waals surface area (Å²) in [5.41, 5.74) is 2.37. The lowest BCUT2D eigenvalue weighted by Gasteiger charge is -2.14. The Morgan fingerprint density at radius 1 is 1.32 bits per heavy atom. The summed E-state index contributed by atoms with van der Waals surface area (Å²) in [6.07, 6.45) is 9.22. The van der Waals surface area contributed by atoms with Crippen molar-refractivity contribution in [2.45, 2.75) is 32.6 Å². The number of hydrogen-bond acceptors (Lipinski definition) is 4. The summed E-state index contributed by atoms with van der Waals surface area (Å²) in [5, 5.41) is 8.68. The van der Waals surface area contributed by atoms with Gasteiger partial charge in [-0.3, -0.25) is 4.68 Å². The summed E-state index contributed by atoms with van der Waals surface area (Å²) in [5.74, 6) is 1.67. The van der Waals surface area contributed by atoms with Crippen LogP contribution in [0.15, 0.2) is 17.8 Å². The zero-order chi connectivity index (χ0) is 13.2. The van der Waals surface area contributed by atoms with Crippen LogP contribution in [0.1, 0.15) is 31.5 Å². The van der Waals surface area contributed by atoms with Crippen LogP contribution in [0.25, 0.3) is 11.0 Å². The lowest BCUT2D eigenvalue weighted by molar-refractivity contribution is 0.695. The Balaban J connectivity index is 1.85. The fourth-order valence-corrected chi connectivity index (χ4v) is 2.53. The predicted octanol–water partition coefficient (Wildman–Crippen LogP) is 2.58. The van der Waals surface area contributed by atoms with Gasteiger partial charge in [0.1, 0.15) is 11.6 Å². The first-order valence-corrected chi connectivity index (χ1v) is 6.82. The highest BCUT2D eigenvalue weighted by Gasteiger charge is 2.10. The van der Waals surface area contributed by atoms with Gasteiger partial charge in [0.05, 0.1) is 11.6 Å². The van der Waals surface area contributed by atoms with E-state index >= 15 is 0 Å². The van der Waals surface area contributed by atoms with Crippen LogP contribution < -0.4 is 5.32 Å². The molecule has 1 aliphatic carbocycles. The van der Waals surface area contributed by atoms with E-state index in [1.807, 2.05) is 20.2 Å². The zero-order valence-electron chi connectivity index (χ0n) is 11.5. The van der Waals surface area contributed by atoms with Crippen molar-refractivity contribution in [3.8, 4) is 0 Å². The van der Waals surface area contributed by atoms with E-state index in [1.165, 1.54) is 31.3 Å². The summed E-state index contributed by atoms with van der Waals surface area (Å²) in [7, 11) is 1.90. The summed E-state index contributed by atoms with van der Waals surface area (Å²) in [6.45, 7) is 2.79. The molecule has 2 heterocycles. The first kappa shape index (κ1) is 12.1. The number of fused-ring (bicyclic) bond motifs is 1. The van der Waals surface area contributed by atoms with E-state index in [1.54, 1.807) is 4.68 Å². The SMILES string of the molecule is Cc1nc(NCC2=CCCCC2)c2cnn(C)c2n1. The molecule has 19 heavy (non-hydrogen) atoms. The van der Waals surface area contributed by atoms with Crippen LogP contribution in [0.3, 0.4) is 0 Å². The highest BCUT2D eigenvalue weighted by Crippen LogP contribution is 2.21. The number of rotatable bonds is 3. The van der Waals surface area contributed by atoms with Crippen LogP contribution in [0.5, 0.6) is 0 Å². The molecule has 0 unspecified atom stereocenters. The summed E-state index contributed by atoms with van der Waals surface area (Å²) in [4.78, 5) is 8.92. The van der Waals surface area contributed by atoms with Crippen molar-refractivity contribution in [1.29, 1.82) is 0 Å². The van der Waals surface area contributed by atoms with Crippen molar-refractivity contribution in [3.05, 3.63) is 23.7 Å². The van der Waals surface area contributed by atoms with Crippen LogP contribution in [0.4, 0.5) is 5.82 Å². The number of aryl methyl sites for hydroxylation is 2. The quantitative estimate of drug-likeness (QED) is 0.859. The molecular formula is C14H19N5. The van der Waals surface area contributed by atoms with Gasteiger partial charge < -0.3 is 5.32 Å². The summed E-state index contributed by atoms with van der Waals surface area (Å²) >= 11 is 0. The lowest BCUT2D eigenvalue weighted by Crippen LogP contribution is -2.09. The average molecular weight is 257 g/mol. The first-order chi connectivity index (χ1) is 9.24. The maximum absolute atomic E-state index is 4.50. The van der Waals surface area contributed by atoms with Crippen LogP contribution in [0, 0.1) is 6.92 Å². The molecule has 3 rings (SSSR count). The Bertz CT molecular complexity index is 626. The van der Waals surface area contributed by atoms with E-state index in [0.717, 1.165) is 29.2 Å². The highest BCUT2D eigenvalue weighted by molar-refractivity contribution is 5.86. The number of hydrogen-bond donors (Lipinski definition) is 1. The zero-order valence-corrected chi connectivity index (χ0v) is 11.5. The van der Waals surface area contributed by atoms with Gasteiger partial charge in [-0.15, -0.1) is 0 Å². The largest absolute Gasteiger partial charge is 0.366 e. The Morgan fingerprint density at radius 2 is 2.21 bits per heavy atom. The molecule has 1 aliphatic rings. The molecule has 0 aromatic carbocycles. The van der Waals surface area contributed by atoms with Gasteiger partial charge in [-0.1, -0.05) is 11.6 Å². The molecule has 0 fully saturated rings. The van der Waals surface area contributed by atoms with Gasteiger partial charge in [0.15, 0.2) is 5.65 Å². The molecule has 0 saturated heterocycles. The highest BCUT2D eigenvalue weighted by atomic mass is 15.3. The molecule has 0 bridgehead atoms. The van der Waals surface area contributed by atoms with E-state index in [2.05, 4.69) is 26.5 Å². The normalized spacial score (nSPS) is 15.6. The van der Waals surface area contributed by atoms with Crippen molar-refractivity contribution in [2.75, 3.05) is 11.9 Å². The second kappa shape index (κ2) is 4.99. The van der Waals surface area contributed by atoms with Crippen LogP contribution in [0.2, 0.25) is 0 Å². The number of allylic oxidation sites excluding steroid dienone is 1. The maximum Gasteiger partial charge on any atom is 0.163 e. The lowest BCUT2D eigenvalue weighted by atomic mass is 10.00. The number of nitrogens with one attached hydrogen (secondary N) is 1. The maximum atomic E-state index is 4.50. The fraction of sp³-hybridized carbons (Fsp3) is 0.500. The fourth-order valence-electron chi connectivity index (χ4n) is 2.53. The Morgan fingerprint density at radius 3 is 3.00 bits per heavy atom. The molecule has 0 radical (unpaired) electrons. The van der Waals surface area contributed by atoms with Crippen molar-refractivity contribution in [3.63, 3.8) is 0 Å². The molecule has 0 saturated carbocycles. The Kier molecular flexibility index (Phi) is 3.19. The molecule has 5 nitrogen and oxygen atoms in total. The molecule has 2 aromatic heterocycles. The molecule has 2 aromatic rings. The Labute approximate surface area is 112 Å². The van der Waals surface area contributed by atoms with Crippen LogP contribution in [-0.4, -0.2) is 26.3 Å². The molecule has 0 aliphatic heterocycles. The monoisotopic (exact) mass is 257 g/mol. The van der Waals surface area contributed by atoms with Gasteiger partial charge in [0.2, 0.25) is 0 Å². The van der Waals surface area contributed by atoms with Gasteiger partial charge >= 0.3 is 0 Å². The van der Waals surface area contributed by atoms with E-state index in [9.17, 15) is 0 Å². The van der Waals surface area contributed by atoms with Crippen LogP contribution in [-0.2, 0) is 7.05 Å². The van der Waals surface area contributed by atoms with Gasteiger partial charge in [-0.2, -0.15) is 5.10 Å². The minimum absolute atomic E-state index is 0.774. The summed E-state index contributed by atoms with van der Waals surface area (Å²) in [6, 6.07) is 0. The van der Waals surface area contributed by atoms with Gasteiger partial charge in [-0.25, -0.2) is 9.97 Å².